The highest BCUT2D eigenvalue weighted by Gasteiger charge is 2.55. The van der Waals surface area contributed by atoms with Crippen molar-refractivity contribution in [2.75, 3.05) is 12.4 Å². The van der Waals surface area contributed by atoms with Crippen molar-refractivity contribution in [3.8, 4) is 11.8 Å². The Morgan fingerprint density at radius 1 is 1.10 bits per heavy atom. The number of aromatic nitrogens is 4. The van der Waals surface area contributed by atoms with Crippen molar-refractivity contribution in [3.05, 3.63) is 83.4 Å². The molecule has 2 aliphatic rings. The van der Waals surface area contributed by atoms with Crippen LogP contribution in [0.1, 0.15) is 48.7 Å². The zero-order valence-corrected chi connectivity index (χ0v) is 22.3. The number of anilines is 1. The van der Waals surface area contributed by atoms with Crippen LogP contribution >= 0.6 is 0 Å². The van der Waals surface area contributed by atoms with Crippen molar-refractivity contribution in [1.29, 1.82) is 0 Å². The number of benzene rings is 2. The summed E-state index contributed by atoms with van der Waals surface area (Å²) >= 11 is 0. The minimum atomic E-state index is -1.31. The largest absolute Gasteiger partial charge is 0.389 e. The smallest absolute Gasteiger partial charge is 0.228 e. The van der Waals surface area contributed by atoms with Gasteiger partial charge in [0.15, 0.2) is 28.6 Å². The summed E-state index contributed by atoms with van der Waals surface area (Å²) in [6.45, 7) is 1.61. The molecule has 41 heavy (non-hydrogen) atoms. The number of rotatable bonds is 5. The van der Waals surface area contributed by atoms with Crippen LogP contribution in [0.3, 0.4) is 0 Å². The number of nitrogens with zero attached hydrogens (tertiary/aromatic N) is 4. The molecule has 0 spiro atoms. The van der Waals surface area contributed by atoms with Gasteiger partial charge >= 0.3 is 0 Å². The highest BCUT2D eigenvalue weighted by Crippen LogP contribution is 2.46. The molecule has 2 saturated carbocycles. The Labute approximate surface area is 234 Å². The molecular formula is C30H28F2N6O3. The number of nitrogens with one attached hydrogen (secondary N) is 2. The van der Waals surface area contributed by atoms with Crippen molar-refractivity contribution < 1.29 is 23.8 Å². The Morgan fingerprint density at radius 3 is 2.61 bits per heavy atom. The zero-order valence-electron chi connectivity index (χ0n) is 22.3. The first-order valence-corrected chi connectivity index (χ1v) is 13.3. The van der Waals surface area contributed by atoms with E-state index < -0.39 is 35.3 Å². The van der Waals surface area contributed by atoms with Gasteiger partial charge in [-0.25, -0.2) is 23.7 Å². The third-order valence-electron chi connectivity index (χ3n) is 8.11. The van der Waals surface area contributed by atoms with Gasteiger partial charge in [-0.1, -0.05) is 36.3 Å². The van der Waals surface area contributed by atoms with Crippen LogP contribution in [0.4, 0.5) is 14.6 Å². The summed E-state index contributed by atoms with van der Waals surface area (Å²) in [7, 11) is 1.48. The van der Waals surface area contributed by atoms with Crippen LogP contribution in [-0.2, 0) is 4.79 Å². The second-order valence-electron chi connectivity index (χ2n) is 10.8. The van der Waals surface area contributed by atoms with E-state index in [1.807, 2.05) is 18.2 Å². The lowest BCUT2D eigenvalue weighted by molar-refractivity contribution is -0.136. The molecule has 6 atom stereocenters. The minimum Gasteiger partial charge on any atom is -0.389 e. The quantitative estimate of drug-likeness (QED) is 0.278. The molecule has 3 unspecified atom stereocenters. The SMILES string of the molecule is CNC(=O)C1(C)C[C@@H](n2cnc3c(NC4CC4c4ccccc4)nc(C#Cc4ccc(F)c(F)c4)nc32)[C@H](O)[C@@H]1O. The number of fused-ring (bicyclic) bond motifs is 1. The maximum absolute atomic E-state index is 13.7. The van der Waals surface area contributed by atoms with Crippen molar-refractivity contribution in [2.45, 2.75) is 50.0 Å². The molecule has 2 fully saturated rings. The minimum absolute atomic E-state index is 0.100. The summed E-state index contributed by atoms with van der Waals surface area (Å²) in [5, 5.41) is 27.8. The van der Waals surface area contributed by atoms with Crippen LogP contribution in [0.5, 0.6) is 0 Å². The normalized spacial score (nSPS) is 26.8. The third kappa shape index (κ3) is 4.79. The van der Waals surface area contributed by atoms with Gasteiger partial charge in [-0.15, -0.1) is 0 Å². The first kappa shape index (κ1) is 26.8. The molecule has 210 valence electrons. The lowest BCUT2D eigenvalue weighted by Gasteiger charge is -2.26. The van der Waals surface area contributed by atoms with E-state index in [-0.39, 0.29) is 29.8 Å². The van der Waals surface area contributed by atoms with Gasteiger partial charge in [0, 0.05) is 24.6 Å². The number of aliphatic hydroxyl groups excluding tert-OH is 2. The van der Waals surface area contributed by atoms with E-state index in [9.17, 15) is 23.8 Å². The van der Waals surface area contributed by atoms with Gasteiger partial charge < -0.3 is 25.4 Å². The Kier molecular flexibility index (Phi) is 6.68. The van der Waals surface area contributed by atoms with Gasteiger partial charge in [0.2, 0.25) is 11.7 Å². The Bertz CT molecular complexity index is 1700. The van der Waals surface area contributed by atoms with Crippen LogP contribution in [0.2, 0.25) is 0 Å². The number of halogens is 2. The molecule has 2 aliphatic carbocycles. The highest BCUT2D eigenvalue weighted by atomic mass is 19.2. The van der Waals surface area contributed by atoms with Crippen LogP contribution in [-0.4, -0.2) is 60.9 Å². The number of hydrogen-bond acceptors (Lipinski definition) is 7. The molecule has 0 saturated heterocycles. The van der Waals surface area contributed by atoms with Gasteiger partial charge in [-0.05, 0) is 49.4 Å². The maximum Gasteiger partial charge on any atom is 0.228 e. The number of aliphatic hydroxyl groups is 2. The van der Waals surface area contributed by atoms with Gasteiger partial charge in [0.05, 0.1) is 23.9 Å². The topological polar surface area (TPSA) is 125 Å². The summed E-state index contributed by atoms with van der Waals surface area (Å²) in [5.74, 6) is 4.07. The van der Waals surface area contributed by atoms with E-state index in [0.717, 1.165) is 18.6 Å². The summed E-state index contributed by atoms with van der Waals surface area (Å²) in [4.78, 5) is 26.3. The molecule has 0 aliphatic heterocycles. The lowest BCUT2D eigenvalue weighted by Crippen LogP contribution is -2.45. The van der Waals surface area contributed by atoms with Gasteiger partial charge in [-0.3, -0.25) is 4.79 Å². The fourth-order valence-corrected chi connectivity index (χ4v) is 5.66. The first-order chi connectivity index (χ1) is 19.7. The number of imidazole rings is 1. The highest BCUT2D eigenvalue weighted by molar-refractivity contribution is 5.85. The second-order valence-corrected chi connectivity index (χ2v) is 10.8. The number of hydrogen-bond donors (Lipinski definition) is 4. The standard InChI is InChI=1S/C30H28F2N6O3/c1-30(29(41)33-2)14-22(25(39)26(30)40)38-15-34-24-27(35-21-13-18(21)17-6-4-3-5-7-17)36-23(37-28(24)38)11-9-16-8-10-19(31)20(32)12-16/h3-8,10,12,15,18,21-22,25-26,39-40H,13-14H2,1-2H3,(H,33,41)(H,35,36,37)/t18?,21?,22-,25+,26+,30?/m1/s1. The monoisotopic (exact) mass is 558 g/mol. The van der Waals surface area contributed by atoms with Crippen molar-refractivity contribution in [1.82, 2.24) is 24.8 Å². The summed E-state index contributed by atoms with van der Waals surface area (Å²) < 4.78 is 28.8. The van der Waals surface area contributed by atoms with E-state index in [4.69, 9.17) is 0 Å². The molecule has 2 aromatic heterocycles. The molecular weight excluding hydrogens is 530 g/mol. The van der Waals surface area contributed by atoms with E-state index in [1.165, 1.54) is 25.0 Å². The average molecular weight is 559 g/mol. The molecule has 9 nitrogen and oxygen atoms in total. The molecule has 0 bridgehead atoms. The summed E-state index contributed by atoms with van der Waals surface area (Å²) in [5.41, 5.74) is 1.02. The molecule has 1 amide bonds. The van der Waals surface area contributed by atoms with E-state index in [0.29, 0.717) is 22.9 Å². The predicted octanol–water partition coefficient (Wildman–Crippen LogP) is 2.89. The van der Waals surface area contributed by atoms with E-state index in [1.54, 1.807) is 11.5 Å². The Morgan fingerprint density at radius 2 is 1.88 bits per heavy atom. The molecule has 4 N–H and O–H groups in total. The van der Waals surface area contributed by atoms with Gasteiger partial charge in [0.1, 0.15) is 6.10 Å². The van der Waals surface area contributed by atoms with Gasteiger partial charge in [0.25, 0.3) is 0 Å². The Balaban J connectivity index is 1.39. The molecule has 2 aromatic carbocycles. The first-order valence-electron chi connectivity index (χ1n) is 13.3. The van der Waals surface area contributed by atoms with E-state index in [2.05, 4.69) is 49.6 Å². The van der Waals surface area contributed by atoms with Crippen molar-refractivity contribution >= 4 is 22.9 Å². The third-order valence-corrected chi connectivity index (χ3v) is 8.11. The zero-order chi connectivity index (χ0) is 28.9. The van der Waals surface area contributed by atoms with Gasteiger partial charge in [-0.2, -0.15) is 0 Å². The average Bonchev–Trinajstić information content (AvgIpc) is 3.55. The number of carbonyl (C=O) groups excluding carboxylic acids is 1. The molecule has 2 heterocycles. The predicted molar refractivity (Wildman–Crippen MR) is 147 cm³/mol. The number of carbonyl (C=O) groups is 1. The van der Waals surface area contributed by atoms with Crippen molar-refractivity contribution in [3.63, 3.8) is 0 Å². The fraction of sp³-hybridized carbons (Fsp3) is 0.333. The Hall–Kier alpha value is -4.40. The molecule has 4 aromatic rings. The maximum atomic E-state index is 13.7. The van der Waals surface area contributed by atoms with Crippen molar-refractivity contribution in [2.24, 2.45) is 5.41 Å². The summed E-state index contributed by atoms with van der Waals surface area (Å²) in [6, 6.07) is 12.9. The fourth-order valence-electron chi connectivity index (χ4n) is 5.66. The van der Waals surface area contributed by atoms with Crippen LogP contribution < -0.4 is 10.6 Å². The molecule has 6 rings (SSSR count). The lowest BCUT2D eigenvalue weighted by atomic mass is 9.85. The molecule has 11 heteroatoms. The number of amides is 1. The van der Waals surface area contributed by atoms with Crippen LogP contribution in [0.15, 0.2) is 54.9 Å². The molecule has 0 radical (unpaired) electrons. The summed E-state index contributed by atoms with van der Waals surface area (Å²) in [6.07, 6.45) is -0.0282. The van der Waals surface area contributed by atoms with E-state index >= 15 is 0 Å². The second kappa shape index (κ2) is 10.2. The van der Waals surface area contributed by atoms with Crippen LogP contribution in [0.25, 0.3) is 11.2 Å². The van der Waals surface area contributed by atoms with Crippen LogP contribution in [0, 0.1) is 28.9 Å².